The molecule has 0 spiro atoms. The molecule has 128 valence electrons. The summed E-state index contributed by atoms with van der Waals surface area (Å²) < 4.78 is 1.24. The van der Waals surface area contributed by atoms with Gasteiger partial charge in [-0.25, -0.2) is 4.68 Å². The van der Waals surface area contributed by atoms with Crippen LogP contribution in [0.1, 0.15) is 30.6 Å². The molecular formula is C20H21N3O2. The Morgan fingerprint density at radius 1 is 1.08 bits per heavy atom. The third-order valence-electron chi connectivity index (χ3n) is 4.29. The van der Waals surface area contributed by atoms with E-state index in [4.69, 9.17) is 0 Å². The van der Waals surface area contributed by atoms with Crippen molar-refractivity contribution in [2.45, 2.75) is 32.9 Å². The standard InChI is InChI=1S/C20H21N3O2/c1-3-18(15-9-5-4-6-10-15)21-19(24)13-23-20(25)17-12-8-7-11-16(17)14(2)22-23/h4-12,18H,3,13H2,1-2H3,(H,21,24). The van der Waals surface area contributed by atoms with Crippen LogP contribution < -0.4 is 10.9 Å². The highest BCUT2D eigenvalue weighted by molar-refractivity contribution is 5.83. The lowest BCUT2D eigenvalue weighted by molar-refractivity contribution is -0.122. The number of aryl methyl sites for hydroxylation is 1. The molecule has 1 amide bonds. The molecule has 0 bridgehead atoms. The number of aromatic nitrogens is 2. The van der Waals surface area contributed by atoms with E-state index in [1.54, 1.807) is 6.07 Å². The first-order valence-corrected chi connectivity index (χ1v) is 8.41. The molecule has 1 unspecified atom stereocenters. The van der Waals surface area contributed by atoms with E-state index in [9.17, 15) is 9.59 Å². The molecule has 3 rings (SSSR count). The van der Waals surface area contributed by atoms with Crippen molar-refractivity contribution in [3.63, 3.8) is 0 Å². The second-order valence-electron chi connectivity index (χ2n) is 6.03. The van der Waals surface area contributed by atoms with Gasteiger partial charge in [-0.2, -0.15) is 5.10 Å². The van der Waals surface area contributed by atoms with Crippen molar-refractivity contribution in [2.24, 2.45) is 0 Å². The Hall–Kier alpha value is -2.95. The third-order valence-corrected chi connectivity index (χ3v) is 4.29. The number of rotatable bonds is 5. The first-order chi connectivity index (χ1) is 12.1. The summed E-state index contributed by atoms with van der Waals surface area (Å²) in [6.07, 6.45) is 0.773. The Morgan fingerprint density at radius 2 is 1.72 bits per heavy atom. The zero-order chi connectivity index (χ0) is 17.8. The van der Waals surface area contributed by atoms with Crippen LogP contribution in [0.2, 0.25) is 0 Å². The zero-order valence-electron chi connectivity index (χ0n) is 14.4. The lowest BCUT2D eigenvalue weighted by Crippen LogP contribution is -2.36. The van der Waals surface area contributed by atoms with Gasteiger partial charge in [-0.1, -0.05) is 55.5 Å². The normalized spacial score (nSPS) is 12.1. The van der Waals surface area contributed by atoms with Crippen molar-refractivity contribution < 1.29 is 4.79 Å². The molecule has 5 heteroatoms. The average Bonchev–Trinajstić information content (AvgIpc) is 2.64. The van der Waals surface area contributed by atoms with Crippen LogP contribution in [0.5, 0.6) is 0 Å². The quantitative estimate of drug-likeness (QED) is 0.779. The van der Waals surface area contributed by atoms with Crippen LogP contribution in [0.4, 0.5) is 0 Å². The average molecular weight is 335 g/mol. The van der Waals surface area contributed by atoms with E-state index in [-0.39, 0.29) is 24.1 Å². The van der Waals surface area contributed by atoms with E-state index in [0.717, 1.165) is 23.1 Å². The summed E-state index contributed by atoms with van der Waals surface area (Å²) in [4.78, 5) is 25.0. The summed E-state index contributed by atoms with van der Waals surface area (Å²) in [5, 5.41) is 8.68. The number of carbonyl (C=O) groups excluding carboxylic acids is 1. The van der Waals surface area contributed by atoms with Gasteiger partial charge in [0.15, 0.2) is 0 Å². The molecule has 2 aromatic carbocycles. The summed E-state index contributed by atoms with van der Waals surface area (Å²) in [7, 11) is 0. The third kappa shape index (κ3) is 3.60. The van der Waals surface area contributed by atoms with Crippen LogP contribution >= 0.6 is 0 Å². The number of nitrogens with zero attached hydrogens (tertiary/aromatic N) is 2. The van der Waals surface area contributed by atoms with Crippen molar-refractivity contribution in [3.8, 4) is 0 Å². The number of fused-ring (bicyclic) bond motifs is 1. The number of nitrogens with one attached hydrogen (secondary N) is 1. The maximum Gasteiger partial charge on any atom is 0.275 e. The first kappa shape index (κ1) is 16.9. The van der Waals surface area contributed by atoms with Gasteiger partial charge < -0.3 is 5.32 Å². The fourth-order valence-electron chi connectivity index (χ4n) is 2.99. The topological polar surface area (TPSA) is 64.0 Å². The van der Waals surface area contributed by atoms with Crippen molar-refractivity contribution in [1.82, 2.24) is 15.1 Å². The fourth-order valence-corrected chi connectivity index (χ4v) is 2.99. The summed E-state index contributed by atoms with van der Waals surface area (Å²) in [6.45, 7) is 3.77. The largest absolute Gasteiger partial charge is 0.348 e. The number of benzene rings is 2. The van der Waals surface area contributed by atoms with E-state index < -0.39 is 0 Å². The van der Waals surface area contributed by atoms with Crippen molar-refractivity contribution in [1.29, 1.82) is 0 Å². The molecule has 3 aromatic rings. The van der Waals surface area contributed by atoms with E-state index in [0.29, 0.717) is 5.39 Å². The van der Waals surface area contributed by atoms with Gasteiger partial charge in [-0.3, -0.25) is 9.59 Å². The highest BCUT2D eigenvalue weighted by Gasteiger charge is 2.15. The Balaban J connectivity index is 1.82. The molecule has 1 heterocycles. The predicted octanol–water partition coefficient (Wildman–Crippen LogP) is 2.97. The molecule has 0 saturated heterocycles. The van der Waals surface area contributed by atoms with E-state index in [2.05, 4.69) is 10.4 Å². The van der Waals surface area contributed by atoms with Gasteiger partial charge in [0.25, 0.3) is 5.56 Å². The molecule has 0 fully saturated rings. The molecule has 0 aliphatic heterocycles. The van der Waals surface area contributed by atoms with Gasteiger partial charge >= 0.3 is 0 Å². The molecule has 0 radical (unpaired) electrons. The van der Waals surface area contributed by atoms with Crippen LogP contribution in [-0.4, -0.2) is 15.7 Å². The molecule has 1 aromatic heterocycles. The Labute approximate surface area is 146 Å². The Kier molecular flexibility index (Phi) is 4.93. The Bertz CT molecular complexity index is 948. The van der Waals surface area contributed by atoms with Crippen molar-refractivity contribution in [2.75, 3.05) is 0 Å². The minimum absolute atomic E-state index is 0.0778. The van der Waals surface area contributed by atoms with Crippen molar-refractivity contribution >= 4 is 16.7 Å². The molecule has 25 heavy (non-hydrogen) atoms. The van der Waals surface area contributed by atoms with Gasteiger partial charge in [0.2, 0.25) is 5.91 Å². The van der Waals surface area contributed by atoms with Gasteiger partial charge in [-0.05, 0) is 25.0 Å². The number of hydrogen-bond acceptors (Lipinski definition) is 3. The lowest BCUT2D eigenvalue weighted by atomic mass is 10.0. The van der Waals surface area contributed by atoms with Crippen LogP contribution in [0, 0.1) is 6.92 Å². The zero-order valence-corrected chi connectivity index (χ0v) is 14.4. The highest BCUT2D eigenvalue weighted by atomic mass is 16.2. The molecule has 1 atom stereocenters. The number of carbonyl (C=O) groups is 1. The minimum Gasteiger partial charge on any atom is -0.348 e. The maximum absolute atomic E-state index is 12.6. The van der Waals surface area contributed by atoms with E-state index in [1.165, 1.54) is 4.68 Å². The van der Waals surface area contributed by atoms with Crippen LogP contribution in [-0.2, 0) is 11.3 Å². The molecule has 0 aliphatic rings. The summed E-state index contributed by atoms with van der Waals surface area (Å²) in [5.41, 5.74) is 1.54. The Morgan fingerprint density at radius 3 is 2.40 bits per heavy atom. The lowest BCUT2D eigenvalue weighted by Gasteiger charge is -2.18. The molecular weight excluding hydrogens is 314 g/mol. The van der Waals surface area contributed by atoms with E-state index >= 15 is 0 Å². The number of amides is 1. The fraction of sp³-hybridized carbons (Fsp3) is 0.250. The second kappa shape index (κ2) is 7.30. The summed E-state index contributed by atoms with van der Waals surface area (Å²) in [6, 6.07) is 17.1. The van der Waals surface area contributed by atoms with Crippen molar-refractivity contribution in [3.05, 3.63) is 76.2 Å². The smallest absolute Gasteiger partial charge is 0.275 e. The van der Waals surface area contributed by atoms with Gasteiger partial charge in [0.05, 0.1) is 17.1 Å². The molecule has 1 N–H and O–H groups in total. The highest BCUT2D eigenvalue weighted by Crippen LogP contribution is 2.16. The number of hydrogen-bond donors (Lipinski definition) is 1. The van der Waals surface area contributed by atoms with Gasteiger partial charge in [0.1, 0.15) is 6.54 Å². The monoisotopic (exact) mass is 335 g/mol. The molecule has 0 saturated carbocycles. The SMILES string of the molecule is CCC(NC(=O)Cn1nc(C)c2ccccc2c1=O)c1ccccc1. The van der Waals surface area contributed by atoms with Crippen LogP contribution in [0.3, 0.4) is 0 Å². The second-order valence-corrected chi connectivity index (χ2v) is 6.03. The first-order valence-electron chi connectivity index (χ1n) is 8.41. The summed E-state index contributed by atoms with van der Waals surface area (Å²) >= 11 is 0. The van der Waals surface area contributed by atoms with Crippen LogP contribution in [0.15, 0.2) is 59.4 Å². The summed E-state index contributed by atoms with van der Waals surface area (Å²) in [5.74, 6) is -0.222. The minimum atomic E-state index is -0.246. The van der Waals surface area contributed by atoms with E-state index in [1.807, 2.05) is 62.4 Å². The van der Waals surface area contributed by atoms with Crippen LogP contribution in [0.25, 0.3) is 10.8 Å². The van der Waals surface area contributed by atoms with Gasteiger partial charge in [-0.15, -0.1) is 0 Å². The van der Waals surface area contributed by atoms with Gasteiger partial charge in [0, 0.05) is 5.39 Å². The molecule has 5 nitrogen and oxygen atoms in total. The predicted molar refractivity (Wildman–Crippen MR) is 98.4 cm³/mol. The maximum atomic E-state index is 12.6. The molecule has 0 aliphatic carbocycles.